The summed E-state index contributed by atoms with van der Waals surface area (Å²) >= 11 is 0. The first-order valence-electron chi connectivity index (χ1n) is 7.78. The lowest BCUT2D eigenvalue weighted by Crippen LogP contribution is -2.33. The van der Waals surface area contributed by atoms with Crippen LogP contribution in [0.4, 0.5) is 5.69 Å². The van der Waals surface area contributed by atoms with Crippen LogP contribution in [0.25, 0.3) is 0 Å². The molecule has 0 heterocycles. The summed E-state index contributed by atoms with van der Waals surface area (Å²) in [4.78, 5) is 14.1. The number of hydrogen-bond donors (Lipinski definition) is 1. The minimum Gasteiger partial charge on any atom is -0.495 e. The number of benzene rings is 1. The number of nitrogens with zero attached hydrogens (tertiary/aromatic N) is 1. The minimum atomic E-state index is 0.220. The van der Waals surface area contributed by atoms with Gasteiger partial charge in [0.05, 0.1) is 12.8 Å². The van der Waals surface area contributed by atoms with Gasteiger partial charge in [-0.25, -0.2) is 0 Å². The first kappa shape index (κ1) is 17.3. The van der Waals surface area contributed by atoms with E-state index in [4.69, 9.17) is 4.74 Å². The summed E-state index contributed by atoms with van der Waals surface area (Å²) in [6, 6.07) is 6.00. The fourth-order valence-corrected chi connectivity index (χ4v) is 2.32. The van der Waals surface area contributed by atoms with Crippen LogP contribution in [0.5, 0.6) is 5.75 Å². The molecule has 1 rings (SSSR count). The first-order valence-corrected chi connectivity index (χ1v) is 7.78. The van der Waals surface area contributed by atoms with E-state index in [9.17, 15) is 4.79 Å². The number of nitrogens with one attached hydrogen (secondary N) is 1. The summed E-state index contributed by atoms with van der Waals surface area (Å²) in [6.07, 6.45) is 2.52. The molecule has 1 amide bonds. The number of rotatable bonds is 9. The molecule has 0 radical (unpaired) electrons. The van der Waals surface area contributed by atoms with Crippen molar-refractivity contribution in [1.82, 2.24) is 4.90 Å². The number of anilines is 1. The predicted molar refractivity (Wildman–Crippen MR) is 88.0 cm³/mol. The molecule has 0 aliphatic rings. The Hall–Kier alpha value is -1.71. The lowest BCUT2D eigenvalue weighted by molar-refractivity contribution is -0.131. The van der Waals surface area contributed by atoms with E-state index in [1.807, 2.05) is 30.0 Å². The van der Waals surface area contributed by atoms with E-state index in [1.165, 1.54) is 5.56 Å². The topological polar surface area (TPSA) is 41.6 Å². The molecule has 4 nitrogen and oxygen atoms in total. The first-order chi connectivity index (χ1) is 10.1. The number of hydrogen-bond acceptors (Lipinski definition) is 3. The van der Waals surface area contributed by atoms with Gasteiger partial charge in [0.15, 0.2) is 0 Å². The molecule has 0 atom stereocenters. The molecule has 1 aromatic carbocycles. The van der Waals surface area contributed by atoms with Crippen LogP contribution in [0, 0.1) is 6.92 Å². The number of amides is 1. The maximum atomic E-state index is 12.2. The molecular weight excluding hydrogens is 264 g/mol. The average molecular weight is 292 g/mol. The molecule has 0 saturated heterocycles. The zero-order chi connectivity index (χ0) is 15.7. The molecule has 0 unspecified atom stereocenters. The van der Waals surface area contributed by atoms with Crippen LogP contribution in [0.15, 0.2) is 18.2 Å². The molecule has 0 aliphatic heterocycles. The molecule has 0 saturated carbocycles. The van der Waals surface area contributed by atoms with Crippen LogP contribution in [-0.2, 0) is 4.79 Å². The second kappa shape index (κ2) is 9.27. The third-order valence-electron chi connectivity index (χ3n) is 3.35. The van der Waals surface area contributed by atoms with Gasteiger partial charge in [0.25, 0.3) is 0 Å². The molecule has 118 valence electrons. The molecule has 0 spiro atoms. The fourth-order valence-electron chi connectivity index (χ4n) is 2.32. The number of aryl methyl sites for hydroxylation is 1. The summed E-state index contributed by atoms with van der Waals surface area (Å²) in [7, 11) is 1.66. The highest BCUT2D eigenvalue weighted by Gasteiger charge is 2.11. The maximum absolute atomic E-state index is 12.2. The van der Waals surface area contributed by atoms with Gasteiger partial charge in [0, 0.05) is 26.1 Å². The van der Waals surface area contributed by atoms with Crippen molar-refractivity contribution in [3.63, 3.8) is 0 Å². The highest BCUT2D eigenvalue weighted by atomic mass is 16.5. The summed E-state index contributed by atoms with van der Waals surface area (Å²) in [5.41, 5.74) is 2.12. The van der Waals surface area contributed by atoms with E-state index in [1.54, 1.807) is 7.11 Å². The summed E-state index contributed by atoms with van der Waals surface area (Å²) in [5, 5.41) is 3.30. The highest BCUT2D eigenvalue weighted by Crippen LogP contribution is 2.25. The highest BCUT2D eigenvalue weighted by molar-refractivity contribution is 5.76. The monoisotopic (exact) mass is 292 g/mol. The average Bonchev–Trinajstić information content (AvgIpc) is 2.47. The molecule has 1 N–H and O–H groups in total. The molecule has 1 aromatic rings. The second-order valence-electron chi connectivity index (χ2n) is 5.26. The van der Waals surface area contributed by atoms with Crippen molar-refractivity contribution in [1.29, 1.82) is 0 Å². The number of ether oxygens (including phenoxy) is 1. The lowest BCUT2D eigenvalue weighted by Gasteiger charge is -2.21. The molecule has 0 bridgehead atoms. The van der Waals surface area contributed by atoms with Crippen LogP contribution >= 0.6 is 0 Å². The minimum absolute atomic E-state index is 0.220. The Labute approximate surface area is 128 Å². The van der Waals surface area contributed by atoms with E-state index in [2.05, 4.69) is 19.2 Å². The lowest BCUT2D eigenvalue weighted by atomic mass is 10.2. The van der Waals surface area contributed by atoms with E-state index in [-0.39, 0.29) is 5.91 Å². The van der Waals surface area contributed by atoms with Crippen molar-refractivity contribution >= 4 is 11.6 Å². The smallest absolute Gasteiger partial charge is 0.224 e. The van der Waals surface area contributed by atoms with Crippen LogP contribution < -0.4 is 10.1 Å². The maximum Gasteiger partial charge on any atom is 0.224 e. The van der Waals surface area contributed by atoms with Crippen molar-refractivity contribution in [2.24, 2.45) is 0 Å². The van der Waals surface area contributed by atoms with Crippen molar-refractivity contribution in [2.45, 2.75) is 40.0 Å². The van der Waals surface area contributed by atoms with Crippen molar-refractivity contribution < 1.29 is 9.53 Å². The van der Waals surface area contributed by atoms with Gasteiger partial charge in [-0.1, -0.05) is 19.9 Å². The summed E-state index contributed by atoms with van der Waals surface area (Å²) in [5.74, 6) is 1.03. The third-order valence-corrected chi connectivity index (χ3v) is 3.35. The molecule has 0 aromatic heterocycles. The zero-order valence-electron chi connectivity index (χ0n) is 13.7. The van der Waals surface area contributed by atoms with Crippen LogP contribution in [0.1, 0.15) is 38.7 Å². The quantitative estimate of drug-likeness (QED) is 0.758. The van der Waals surface area contributed by atoms with Crippen LogP contribution in [-0.4, -0.2) is 37.6 Å². The SMILES string of the molecule is CCCN(CCC)C(=O)CCNc1cc(C)ccc1OC. The summed E-state index contributed by atoms with van der Waals surface area (Å²) in [6.45, 7) is 8.57. The van der Waals surface area contributed by atoms with Gasteiger partial charge in [-0.15, -0.1) is 0 Å². The van der Waals surface area contributed by atoms with Gasteiger partial charge in [-0.3, -0.25) is 4.79 Å². The fraction of sp³-hybridized carbons (Fsp3) is 0.588. The Morgan fingerprint density at radius 1 is 1.24 bits per heavy atom. The Kier molecular flexibility index (Phi) is 7.65. The van der Waals surface area contributed by atoms with Crippen molar-refractivity contribution in [3.8, 4) is 5.75 Å². The van der Waals surface area contributed by atoms with E-state index in [0.29, 0.717) is 13.0 Å². The van der Waals surface area contributed by atoms with Crippen LogP contribution in [0.2, 0.25) is 0 Å². The van der Waals surface area contributed by atoms with Gasteiger partial charge >= 0.3 is 0 Å². The Balaban J connectivity index is 2.52. The van der Waals surface area contributed by atoms with Gasteiger partial charge in [0.1, 0.15) is 5.75 Å². The predicted octanol–water partition coefficient (Wildman–Crippen LogP) is 3.45. The second-order valence-corrected chi connectivity index (χ2v) is 5.26. The Morgan fingerprint density at radius 2 is 1.90 bits per heavy atom. The largest absolute Gasteiger partial charge is 0.495 e. The number of carbonyl (C=O) groups excluding carboxylic acids is 1. The molecule has 4 heteroatoms. The standard InChI is InChI=1S/C17H28N2O2/c1-5-11-19(12-6-2)17(20)9-10-18-15-13-14(3)7-8-16(15)21-4/h7-8,13,18H,5-6,9-12H2,1-4H3. The van der Waals surface area contributed by atoms with E-state index < -0.39 is 0 Å². The number of methoxy groups -OCH3 is 1. The van der Waals surface area contributed by atoms with Gasteiger partial charge in [-0.05, 0) is 37.5 Å². The van der Waals surface area contributed by atoms with Gasteiger partial charge in [0.2, 0.25) is 5.91 Å². The number of carbonyl (C=O) groups is 1. The molecule has 0 aliphatic carbocycles. The van der Waals surface area contributed by atoms with Crippen molar-refractivity contribution in [3.05, 3.63) is 23.8 Å². The van der Waals surface area contributed by atoms with E-state index >= 15 is 0 Å². The van der Waals surface area contributed by atoms with Gasteiger partial charge in [-0.2, -0.15) is 0 Å². The van der Waals surface area contributed by atoms with Crippen molar-refractivity contribution in [2.75, 3.05) is 32.1 Å². The summed E-state index contributed by atoms with van der Waals surface area (Å²) < 4.78 is 5.32. The Bertz CT molecular complexity index is 440. The third kappa shape index (κ3) is 5.66. The van der Waals surface area contributed by atoms with Gasteiger partial charge < -0.3 is 15.0 Å². The molecule has 0 fully saturated rings. The normalized spacial score (nSPS) is 10.3. The van der Waals surface area contributed by atoms with E-state index in [0.717, 1.165) is 37.4 Å². The molecular formula is C17H28N2O2. The van der Waals surface area contributed by atoms with Crippen LogP contribution in [0.3, 0.4) is 0 Å². The Morgan fingerprint density at radius 3 is 2.48 bits per heavy atom. The zero-order valence-corrected chi connectivity index (χ0v) is 13.7. The molecule has 21 heavy (non-hydrogen) atoms.